The van der Waals surface area contributed by atoms with Gasteiger partial charge in [-0.15, -0.1) is 0 Å². The smallest absolute Gasteiger partial charge is 0.230 e. The lowest BCUT2D eigenvalue weighted by molar-refractivity contribution is -0.152. The molecule has 2 aliphatic heterocycles. The molecule has 0 unspecified atom stereocenters. The minimum absolute atomic E-state index is 0.0754. The molecule has 0 atom stereocenters. The summed E-state index contributed by atoms with van der Waals surface area (Å²) in [6.07, 6.45) is 1.19. The molecule has 0 radical (unpaired) electrons. The van der Waals surface area contributed by atoms with Crippen molar-refractivity contribution < 1.29 is 14.4 Å². The van der Waals surface area contributed by atoms with Gasteiger partial charge in [0.1, 0.15) is 0 Å². The highest BCUT2D eigenvalue weighted by atomic mass is 16.2. The standard InChI is InChI=1S/C12H18N2O3/c1-8(2)5-12(17)13-6-9(7-13)14-10(15)3-4-11(14)16/h8-9H,3-7H2,1-2H3. The molecule has 94 valence electrons. The predicted molar refractivity (Wildman–Crippen MR) is 60.9 cm³/mol. The van der Waals surface area contributed by atoms with Crippen molar-refractivity contribution in [3.05, 3.63) is 0 Å². The van der Waals surface area contributed by atoms with Crippen LogP contribution in [0.1, 0.15) is 33.1 Å². The molecular formula is C12H18N2O3. The number of nitrogens with zero attached hydrogens (tertiary/aromatic N) is 2. The van der Waals surface area contributed by atoms with E-state index in [1.54, 1.807) is 4.90 Å². The van der Waals surface area contributed by atoms with E-state index in [4.69, 9.17) is 0 Å². The number of hydrogen-bond donors (Lipinski definition) is 0. The molecule has 2 rings (SSSR count). The van der Waals surface area contributed by atoms with E-state index in [0.717, 1.165) is 0 Å². The molecule has 0 aromatic rings. The number of imide groups is 1. The molecule has 2 fully saturated rings. The Kier molecular flexibility index (Phi) is 3.17. The Bertz CT molecular complexity index is 343. The molecule has 0 N–H and O–H groups in total. The highest BCUT2D eigenvalue weighted by molar-refractivity contribution is 6.02. The van der Waals surface area contributed by atoms with E-state index in [0.29, 0.717) is 38.3 Å². The molecule has 0 bridgehead atoms. The van der Waals surface area contributed by atoms with Gasteiger partial charge in [-0.05, 0) is 5.92 Å². The molecule has 0 aromatic heterocycles. The maximum Gasteiger partial charge on any atom is 0.230 e. The minimum atomic E-state index is -0.0871. The number of amides is 3. The second-order valence-electron chi connectivity index (χ2n) is 5.21. The van der Waals surface area contributed by atoms with Crippen LogP contribution in [0, 0.1) is 5.92 Å². The van der Waals surface area contributed by atoms with Gasteiger partial charge in [-0.25, -0.2) is 0 Å². The molecule has 2 aliphatic rings. The van der Waals surface area contributed by atoms with Crippen LogP contribution in [0.5, 0.6) is 0 Å². The average molecular weight is 238 g/mol. The van der Waals surface area contributed by atoms with Gasteiger partial charge in [0.15, 0.2) is 0 Å². The SMILES string of the molecule is CC(C)CC(=O)N1CC(N2C(=O)CCC2=O)C1. The van der Waals surface area contributed by atoms with E-state index in [9.17, 15) is 14.4 Å². The summed E-state index contributed by atoms with van der Waals surface area (Å²) in [5.41, 5.74) is 0. The van der Waals surface area contributed by atoms with E-state index in [1.807, 2.05) is 13.8 Å². The second kappa shape index (κ2) is 4.47. The van der Waals surface area contributed by atoms with Crippen LogP contribution in [0.4, 0.5) is 0 Å². The van der Waals surface area contributed by atoms with Gasteiger partial charge in [0.25, 0.3) is 0 Å². The third kappa shape index (κ3) is 2.33. The number of rotatable bonds is 3. The van der Waals surface area contributed by atoms with Crippen LogP contribution < -0.4 is 0 Å². The van der Waals surface area contributed by atoms with Crippen molar-refractivity contribution in [2.45, 2.75) is 39.2 Å². The van der Waals surface area contributed by atoms with Gasteiger partial charge in [0, 0.05) is 32.4 Å². The quantitative estimate of drug-likeness (QED) is 0.668. The van der Waals surface area contributed by atoms with Crippen molar-refractivity contribution in [3.8, 4) is 0 Å². The molecule has 0 saturated carbocycles. The zero-order valence-electron chi connectivity index (χ0n) is 10.3. The molecular weight excluding hydrogens is 220 g/mol. The van der Waals surface area contributed by atoms with E-state index in [-0.39, 0.29) is 23.8 Å². The monoisotopic (exact) mass is 238 g/mol. The first-order valence-electron chi connectivity index (χ1n) is 6.11. The zero-order chi connectivity index (χ0) is 12.6. The fraction of sp³-hybridized carbons (Fsp3) is 0.750. The summed E-state index contributed by atoms with van der Waals surface area (Å²) in [6, 6.07) is -0.0754. The first-order chi connectivity index (χ1) is 7.99. The first-order valence-corrected chi connectivity index (χ1v) is 6.11. The van der Waals surface area contributed by atoms with Gasteiger partial charge in [-0.3, -0.25) is 19.3 Å². The molecule has 5 heteroatoms. The lowest BCUT2D eigenvalue weighted by Gasteiger charge is -2.43. The molecule has 2 saturated heterocycles. The minimum Gasteiger partial charge on any atom is -0.338 e. The lowest BCUT2D eigenvalue weighted by Crippen LogP contribution is -2.62. The normalized spacial score (nSPS) is 21.4. The number of hydrogen-bond acceptors (Lipinski definition) is 3. The second-order valence-corrected chi connectivity index (χ2v) is 5.21. The van der Waals surface area contributed by atoms with Crippen LogP contribution in [0.3, 0.4) is 0 Å². The summed E-state index contributed by atoms with van der Waals surface area (Å²) in [7, 11) is 0. The Labute approximate surface area is 101 Å². The number of carbonyl (C=O) groups excluding carboxylic acids is 3. The van der Waals surface area contributed by atoms with Crippen molar-refractivity contribution in [2.75, 3.05) is 13.1 Å². The maximum absolute atomic E-state index is 11.7. The molecule has 0 spiro atoms. The van der Waals surface area contributed by atoms with Crippen molar-refractivity contribution >= 4 is 17.7 Å². The van der Waals surface area contributed by atoms with Crippen molar-refractivity contribution in [2.24, 2.45) is 5.92 Å². The molecule has 5 nitrogen and oxygen atoms in total. The van der Waals surface area contributed by atoms with Gasteiger partial charge < -0.3 is 4.90 Å². The topological polar surface area (TPSA) is 57.7 Å². The van der Waals surface area contributed by atoms with E-state index in [1.165, 1.54) is 4.90 Å². The Morgan fingerprint density at radius 3 is 2.24 bits per heavy atom. The van der Waals surface area contributed by atoms with Crippen LogP contribution in [-0.2, 0) is 14.4 Å². The Morgan fingerprint density at radius 1 is 1.24 bits per heavy atom. The van der Waals surface area contributed by atoms with Gasteiger partial charge in [0.05, 0.1) is 6.04 Å². The fourth-order valence-electron chi connectivity index (χ4n) is 2.30. The highest BCUT2D eigenvalue weighted by Gasteiger charge is 2.42. The molecule has 3 amide bonds. The summed E-state index contributed by atoms with van der Waals surface area (Å²) in [4.78, 5) is 37.7. The first kappa shape index (κ1) is 12.1. The third-order valence-corrected chi connectivity index (χ3v) is 3.25. The van der Waals surface area contributed by atoms with Gasteiger partial charge in [0.2, 0.25) is 17.7 Å². The van der Waals surface area contributed by atoms with Crippen molar-refractivity contribution in [1.29, 1.82) is 0 Å². The van der Waals surface area contributed by atoms with Crippen molar-refractivity contribution in [1.82, 2.24) is 9.80 Å². The Balaban J connectivity index is 1.84. The Hall–Kier alpha value is -1.39. The Morgan fingerprint density at radius 2 is 1.76 bits per heavy atom. The van der Waals surface area contributed by atoms with Gasteiger partial charge in [-0.1, -0.05) is 13.8 Å². The maximum atomic E-state index is 11.7. The summed E-state index contributed by atoms with van der Waals surface area (Å²) in [5.74, 6) is 0.291. The van der Waals surface area contributed by atoms with Crippen LogP contribution in [-0.4, -0.2) is 46.7 Å². The van der Waals surface area contributed by atoms with Crippen LogP contribution >= 0.6 is 0 Å². The van der Waals surface area contributed by atoms with Gasteiger partial charge in [-0.2, -0.15) is 0 Å². The largest absolute Gasteiger partial charge is 0.338 e. The van der Waals surface area contributed by atoms with E-state index in [2.05, 4.69) is 0 Å². The average Bonchev–Trinajstić information content (AvgIpc) is 2.45. The summed E-state index contributed by atoms with van der Waals surface area (Å²) < 4.78 is 0. The van der Waals surface area contributed by atoms with Gasteiger partial charge >= 0.3 is 0 Å². The summed E-state index contributed by atoms with van der Waals surface area (Å²) in [5, 5.41) is 0. The molecule has 17 heavy (non-hydrogen) atoms. The van der Waals surface area contributed by atoms with E-state index < -0.39 is 0 Å². The molecule has 0 aliphatic carbocycles. The highest BCUT2D eigenvalue weighted by Crippen LogP contribution is 2.23. The lowest BCUT2D eigenvalue weighted by atomic mass is 10.0. The molecule has 0 aromatic carbocycles. The van der Waals surface area contributed by atoms with Crippen LogP contribution in [0.2, 0.25) is 0 Å². The van der Waals surface area contributed by atoms with Crippen LogP contribution in [0.25, 0.3) is 0 Å². The van der Waals surface area contributed by atoms with Crippen LogP contribution in [0.15, 0.2) is 0 Å². The number of carbonyl (C=O) groups is 3. The fourth-order valence-corrected chi connectivity index (χ4v) is 2.30. The number of likely N-dealkylation sites (tertiary alicyclic amines) is 2. The summed E-state index contributed by atoms with van der Waals surface area (Å²) >= 11 is 0. The predicted octanol–water partition coefficient (Wildman–Crippen LogP) is 0.392. The van der Waals surface area contributed by atoms with E-state index >= 15 is 0 Å². The molecule has 2 heterocycles. The van der Waals surface area contributed by atoms with Crippen molar-refractivity contribution in [3.63, 3.8) is 0 Å². The third-order valence-electron chi connectivity index (χ3n) is 3.25. The summed E-state index contributed by atoms with van der Waals surface area (Å²) in [6.45, 7) is 5.04. The zero-order valence-corrected chi connectivity index (χ0v) is 10.3.